The molecule has 2 aromatic carbocycles. The van der Waals surface area contributed by atoms with Crippen LogP contribution in [0.5, 0.6) is 0 Å². The molecule has 0 spiro atoms. The van der Waals surface area contributed by atoms with Crippen LogP contribution >= 0.6 is 11.6 Å². The Labute approximate surface area is 202 Å². The van der Waals surface area contributed by atoms with Gasteiger partial charge in [0.25, 0.3) is 0 Å². The number of amides is 2. The Bertz CT molecular complexity index is 1290. The van der Waals surface area contributed by atoms with E-state index < -0.39 is 19.9 Å². The molecular formula is C24H26ClFN4O3Si. The predicted octanol–water partition coefficient (Wildman–Crippen LogP) is 3.81. The number of aromatic nitrogens is 2. The summed E-state index contributed by atoms with van der Waals surface area (Å²) >= 11 is 5.83. The average Bonchev–Trinajstić information content (AvgIpc) is 3.32. The average molecular weight is 501 g/mol. The third-order valence-corrected chi connectivity index (χ3v) is 9.09. The zero-order valence-corrected chi connectivity index (χ0v) is 21.0. The lowest BCUT2D eigenvalue weighted by Crippen LogP contribution is -2.47. The number of carbonyl (C=O) groups is 3. The zero-order valence-electron chi connectivity index (χ0n) is 19.3. The number of benzene rings is 2. The normalized spacial score (nSPS) is 17.2. The highest BCUT2D eigenvalue weighted by atomic mass is 35.5. The smallest absolute Gasteiger partial charge is 0.244 e. The van der Waals surface area contributed by atoms with Crippen molar-refractivity contribution in [1.82, 2.24) is 20.0 Å². The number of nitrogens with zero attached hydrogens (tertiary/aromatic N) is 3. The SMILES string of the molecule is CC(=O)c1nn(CC(=O)N2C[Si](C)(C)CC2C(=O)NCc2cccc(Cl)c2F)c2ccccc12. The fourth-order valence-corrected chi connectivity index (χ4v) is 7.57. The van der Waals surface area contributed by atoms with Crippen LogP contribution in [0.1, 0.15) is 23.0 Å². The maximum absolute atomic E-state index is 14.2. The Morgan fingerprint density at radius 3 is 2.65 bits per heavy atom. The van der Waals surface area contributed by atoms with Gasteiger partial charge in [0.05, 0.1) is 18.6 Å². The molecule has 10 heteroatoms. The molecule has 1 aliphatic heterocycles. The Hall–Kier alpha value is -3.04. The van der Waals surface area contributed by atoms with E-state index in [2.05, 4.69) is 23.5 Å². The van der Waals surface area contributed by atoms with Crippen molar-refractivity contribution in [3.8, 4) is 0 Å². The molecular weight excluding hydrogens is 475 g/mol. The molecule has 3 aromatic rings. The summed E-state index contributed by atoms with van der Waals surface area (Å²) in [5, 5.41) is 7.83. The summed E-state index contributed by atoms with van der Waals surface area (Å²) in [7, 11) is -1.84. The number of fused-ring (bicyclic) bond motifs is 1. The van der Waals surface area contributed by atoms with Gasteiger partial charge < -0.3 is 10.2 Å². The number of rotatable bonds is 6. The number of hydrogen-bond donors (Lipinski definition) is 1. The first-order valence-corrected chi connectivity index (χ1v) is 14.8. The van der Waals surface area contributed by atoms with Gasteiger partial charge in [-0.15, -0.1) is 0 Å². The number of carbonyl (C=O) groups excluding carboxylic acids is 3. The second-order valence-electron chi connectivity index (χ2n) is 9.42. The van der Waals surface area contributed by atoms with Gasteiger partial charge in [0.15, 0.2) is 5.78 Å². The van der Waals surface area contributed by atoms with Crippen molar-refractivity contribution in [2.45, 2.75) is 45.2 Å². The van der Waals surface area contributed by atoms with Crippen molar-refractivity contribution >= 4 is 48.2 Å². The van der Waals surface area contributed by atoms with Crippen LogP contribution in [-0.2, 0) is 22.7 Å². The second-order valence-corrected chi connectivity index (χ2v) is 14.9. The monoisotopic (exact) mass is 500 g/mol. The van der Waals surface area contributed by atoms with Crippen LogP contribution in [0.25, 0.3) is 10.9 Å². The van der Waals surface area contributed by atoms with E-state index in [0.29, 0.717) is 28.8 Å². The van der Waals surface area contributed by atoms with Crippen LogP contribution in [0.4, 0.5) is 4.39 Å². The van der Waals surface area contributed by atoms with E-state index in [1.807, 2.05) is 18.2 Å². The molecule has 2 amide bonds. The summed E-state index contributed by atoms with van der Waals surface area (Å²) in [6.07, 6.45) is 0.536. The summed E-state index contributed by atoms with van der Waals surface area (Å²) in [6, 6.07) is 11.9. The lowest BCUT2D eigenvalue weighted by atomic mass is 10.2. The molecule has 1 unspecified atom stereocenters. The van der Waals surface area contributed by atoms with Gasteiger partial charge in [0.2, 0.25) is 11.8 Å². The van der Waals surface area contributed by atoms with Gasteiger partial charge in [-0.1, -0.05) is 55.0 Å². The number of hydrogen-bond acceptors (Lipinski definition) is 4. The van der Waals surface area contributed by atoms with Gasteiger partial charge in [-0.3, -0.25) is 19.1 Å². The summed E-state index contributed by atoms with van der Waals surface area (Å²) < 4.78 is 15.7. The largest absolute Gasteiger partial charge is 0.350 e. The highest BCUT2D eigenvalue weighted by molar-refractivity contribution is 6.79. The standard InChI is InChI=1S/C24H26ClFN4O3Si/c1-15(31)23-17-8-4-5-10-19(17)30(28-23)12-21(32)29-14-34(2,3)13-20(29)24(33)27-11-16-7-6-9-18(25)22(16)26/h4-10,20H,11-14H2,1-3H3,(H,27,33). The van der Waals surface area contributed by atoms with Crippen LogP contribution in [0.2, 0.25) is 24.2 Å². The maximum atomic E-state index is 14.2. The van der Waals surface area contributed by atoms with Gasteiger partial charge in [-0.2, -0.15) is 5.10 Å². The van der Waals surface area contributed by atoms with Gasteiger partial charge in [-0.05, 0) is 18.2 Å². The van der Waals surface area contributed by atoms with Crippen LogP contribution in [0.15, 0.2) is 42.5 Å². The first kappa shape index (κ1) is 24.1. The Kier molecular flexibility index (Phi) is 6.59. The Balaban J connectivity index is 1.53. The summed E-state index contributed by atoms with van der Waals surface area (Å²) in [4.78, 5) is 40.1. The van der Waals surface area contributed by atoms with E-state index in [1.54, 1.807) is 23.1 Å². The summed E-state index contributed by atoms with van der Waals surface area (Å²) in [5.74, 6) is -1.30. The summed E-state index contributed by atoms with van der Waals surface area (Å²) in [6.45, 7) is 5.61. The van der Waals surface area contributed by atoms with Crippen molar-refractivity contribution in [3.63, 3.8) is 0 Å². The van der Waals surface area contributed by atoms with Crippen molar-refractivity contribution in [2.24, 2.45) is 0 Å². The van der Waals surface area contributed by atoms with Crippen molar-refractivity contribution in [2.75, 3.05) is 6.17 Å². The molecule has 1 N–H and O–H groups in total. The zero-order chi connectivity index (χ0) is 24.6. The van der Waals surface area contributed by atoms with Crippen LogP contribution in [0.3, 0.4) is 0 Å². The highest BCUT2D eigenvalue weighted by Gasteiger charge is 2.44. The Morgan fingerprint density at radius 2 is 1.91 bits per heavy atom. The topological polar surface area (TPSA) is 84.3 Å². The fraction of sp³-hybridized carbons (Fsp3) is 0.333. The minimum Gasteiger partial charge on any atom is -0.350 e. The lowest BCUT2D eigenvalue weighted by molar-refractivity contribution is -0.138. The molecule has 34 heavy (non-hydrogen) atoms. The molecule has 1 aromatic heterocycles. The molecule has 0 saturated carbocycles. The quantitative estimate of drug-likeness (QED) is 0.412. The van der Waals surface area contributed by atoms with Gasteiger partial charge in [0, 0.05) is 30.6 Å². The van der Waals surface area contributed by atoms with E-state index >= 15 is 0 Å². The van der Waals surface area contributed by atoms with Crippen molar-refractivity contribution < 1.29 is 18.8 Å². The molecule has 1 atom stereocenters. The molecule has 1 fully saturated rings. The molecule has 0 aliphatic carbocycles. The number of halogens is 2. The highest BCUT2D eigenvalue weighted by Crippen LogP contribution is 2.28. The predicted molar refractivity (Wildman–Crippen MR) is 131 cm³/mol. The van der Waals surface area contributed by atoms with Crippen LogP contribution < -0.4 is 5.32 Å². The first-order chi connectivity index (χ1) is 16.1. The molecule has 2 heterocycles. The van der Waals surface area contributed by atoms with Gasteiger partial charge in [0.1, 0.15) is 24.1 Å². The van der Waals surface area contributed by atoms with Crippen LogP contribution in [-0.4, -0.2) is 52.6 Å². The first-order valence-electron chi connectivity index (χ1n) is 11.0. The Morgan fingerprint density at radius 1 is 1.18 bits per heavy atom. The van der Waals surface area contributed by atoms with Gasteiger partial charge >= 0.3 is 0 Å². The fourth-order valence-electron chi connectivity index (χ4n) is 4.48. The van der Waals surface area contributed by atoms with Crippen molar-refractivity contribution in [1.29, 1.82) is 0 Å². The van der Waals surface area contributed by atoms with Crippen LogP contribution in [0, 0.1) is 5.82 Å². The van der Waals surface area contributed by atoms with E-state index in [1.165, 1.54) is 17.7 Å². The van der Waals surface area contributed by atoms with E-state index in [-0.39, 0.29) is 41.3 Å². The number of ketones is 1. The number of nitrogens with one attached hydrogen (secondary N) is 1. The maximum Gasteiger partial charge on any atom is 0.244 e. The molecule has 7 nitrogen and oxygen atoms in total. The summed E-state index contributed by atoms with van der Waals surface area (Å²) in [5.41, 5.74) is 1.29. The number of Topliss-reactive ketones (excluding diaryl/α,β-unsaturated/α-hetero) is 1. The van der Waals surface area contributed by atoms with Crippen molar-refractivity contribution in [3.05, 3.63) is 64.6 Å². The molecule has 0 bridgehead atoms. The third-order valence-electron chi connectivity index (χ3n) is 6.10. The molecule has 0 radical (unpaired) electrons. The molecule has 1 saturated heterocycles. The third kappa shape index (κ3) is 4.76. The molecule has 1 aliphatic rings. The van der Waals surface area contributed by atoms with Gasteiger partial charge in [-0.25, -0.2) is 4.39 Å². The molecule has 178 valence electrons. The van der Waals surface area contributed by atoms with E-state index in [9.17, 15) is 18.8 Å². The molecule has 4 rings (SSSR count). The lowest BCUT2D eigenvalue weighted by Gasteiger charge is -2.24. The second kappa shape index (κ2) is 9.30. The number of para-hydroxylation sites is 1. The minimum atomic E-state index is -1.84. The minimum absolute atomic E-state index is 0.00524. The van der Waals surface area contributed by atoms with E-state index in [4.69, 9.17) is 11.6 Å². The van der Waals surface area contributed by atoms with E-state index in [0.717, 1.165) is 0 Å².